The zero-order valence-electron chi connectivity index (χ0n) is 14.7. The van der Waals surface area contributed by atoms with E-state index in [1.807, 2.05) is 55.4 Å². The Labute approximate surface area is 143 Å². The van der Waals surface area contributed by atoms with E-state index in [9.17, 15) is 4.79 Å². The molecule has 0 aliphatic heterocycles. The van der Waals surface area contributed by atoms with Gasteiger partial charge in [-0.15, -0.1) is 0 Å². The first-order chi connectivity index (χ1) is 11.5. The van der Waals surface area contributed by atoms with Crippen molar-refractivity contribution in [1.82, 2.24) is 4.90 Å². The lowest BCUT2D eigenvalue weighted by molar-refractivity contribution is 0.0958. The molecule has 0 N–H and O–H groups in total. The van der Waals surface area contributed by atoms with Crippen LogP contribution < -0.4 is 4.90 Å². The number of rotatable bonds is 7. The van der Waals surface area contributed by atoms with Gasteiger partial charge in [0.05, 0.1) is 17.9 Å². The average Bonchev–Trinajstić information content (AvgIpc) is 2.59. The van der Waals surface area contributed by atoms with Gasteiger partial charge in [0.1, 0.15) is 0 Å². The molecule has 0 radical (unpaired) electrons. The maximum absolute atomic E-state index is 12.0. The van der Waals surface area contributed by atoms with Crippen molar-refractivity contribution in [2.75, 3.05) is 39.1 Å². The lowest BCUT2D eigenvalue weighted by Gasteiger charge is -2.16. The SMILES string of the molecule is CCN(C)c1ccc(N=Nc2ccc(C(=O)CN(C)C)cc2)cc1. The van der Waals surface area contributed by atoms with Crippen molar-refractivity contribution >= 4 is 22.8 Å². The van der Waals surface area contributed by atoms with Crippen LogP contribution in [0.3, 0.4) is 0 Å². The standard InChI is InChI=1S/C19H24N4O/c1-5-23(4)18-12-10-17(11-13-18)21-20-16-8-6-15(7-9-16)19(24)14-22(2)3/h6-13H,5,14H2,1-4H3. The molecule has 0 spiro atoms. The van der Waals surface area contributed by atoms with Gasteiger partial charge in [-0.2, -0.15) is 10.2 Å². The third-order valence-corrected chi connectivity index (χ3v) is 3.69. The lowest BCUT2D eigenvalue weighted by Crippen LogP contribution is -2.21. The zero-order chi connectivity index (χ0) is 17.5. The maximum atomic E-state index is 12.0. The van der Waals surface area contributed by atoms with E-state index in [0.717, 1.165) is 23.6 Å². The normalized spacial score (nSPS) is 11.2. The number of Topliss-reactive ketones (excluding diaryl/α,β-unsaturated/α-hetero) is 1. The number of carbonyl (C=O) groups excluding carboxylic acids is 1. The van der Waals surface area contributed by atoms with Crippen molar-refractivity contribution in [2.45, 2.75) is 6.92 Å². The smallest absolute Gasteiger partial charge is 0.176 e. The van der Waals surface area contributed by atoms with Gasteiger partial charge in [-0.25, -0.2) is 0 Å². The summed E-state index contributed by atoms with van der Waals surface area (Å²) < 4.78 is 0. The van der Waals surface area contributed by atoms with Crippen molar-refractivity contribution in [3.8, 4) is 0 Å². The Morgan fingerprint density at radius 3 is 1.83 bits per heavy atom. The van der Waals surface area contributed by atoms with Crippen LogP contribution in [0.25, 0.3) is 0 Å². The van der Waals surface area contributed by atoms with Gasteiger partial charge in [0.25, 0.3) is 0 Å². The maximum Gasteiger partial charge on any atom is 0.176 e. The summed E-state index contributed by atoms with van der Waals surface area (Å²) in [7, 11) is 5.81. The molecule has 0 saturated carbocycles. The molecule has 0 unspecified atom stereocenters. The third kappa shape index (κ3) is 4.99. The Hall–Kier alpha value is -2.53. The summed E-state index contributed by atoms with van der Waals surface area (Å²) >= 11 is 0. The van der Waals surface area contributed by atoms with Gasteiger partial charge in [0.2, 0.25) is 0 Å². The van der Waals surface area contributed by atoms with E-state index >= 15 is 0 Å². The molecular formula is C19H24N4O. The van der Waals surface area contributed by atoms with Crippen LogP contribution in [0.4, 0.5) is 17.1 Å². The molecule has 0 heterocycles. The number of benzene rings is 2. The summed E-state index contributed by atoms with van der Waals surface area (Å²) in [6.07, 6.45) is 0. The van der Waals surface area contributed by atoms with Crippen molar-refractivity contribution in [1.29, 1.82) is 0 Å². The number of ketones is 1. The number of azo groups is 1. The number of likely N-dealkylation sites (N-methyl/N-ethyl adjacent to an activating group) is 1. The fraction of sp³-hybridized carbons (Fsp3) is 0.316. The Morgan fingerprint density at radius 2 is 1.38 bits per heavy atom. The van der Waals surface area contributed by atoms with E-state index in [1.54, 1.807) is 12.1 Å². The second-order valence-electron chi connectivity index (χ2n) is 5.94. The molecule has 0 amide bonds. The van der Waals surface area contributed by atoms with Crippen LogP contribution in [0.2, 0.25) is 0 Å². The van der Waals surface area contributed by atoms with E-state index in [2.05, 4.69) is 29.1 Å². The van der Waals surface area contributed by atoms with Gasteiger partial charge in [-0.05, 0) is 69.6 Å². The van der Waals surface area contributed by atoms with Gasteiger partial charge in [0.15, 0.2) is 5.78 Å². The largest absolute Gasteiger partial charge is 0.375 e. The first kappa shape index (κ1) is 17.8. The fourth-order valence-corrected chi connectivity index (χ4v) is 2.16. The highest BCUT2D eigenvalue weighted by molar-refractivity contribution is 5.97. The van der Waals surface area contributed by atoms with Gasteiger partial charge in [-0.3, -0.25) is 4.79 Å². The van der Waals surface area contributed by atoms with Crippen molar-refractivity contribution in [2.24, 2.45) is 10.2 Å². The molecule has 0 fully saturated rings. The number of hydrogen-bond acceptors (Lipinski definition) is 5. The summed E-state index contributed by atoms with van der Waals surface area (Å²) in [4.78, 5) is 16.0. The van der Waals surface area contributed by atoms with E-state index in [4.69, 9.17) is 0 Å². The predicted molar refractivity (Wildman–Crippen MR) is 98.9 cm³/mol. The van der Waals surface area contributed by atoms with Crippen LogP contribution >= 0.6 is 0 Å². The molecule has 0 atom stereocenters. The highest BCUT2D eigenvalue weighted by Crippen LogP contribution is 2.22. The van der Waals surface area contributed by atoms with Crippen LogP contribution in [0.5, 0.6) is 0 Å². The highest BCUT2D eigenvalue weighted by Gasteiger charge is 2.06. The monoisotopic (exact) mass is 324 g/mol. The summed E-state index contributed by atoms with van der Waals surface area (Å²) in [5.41, 5.74) is 3.37. The fourth-order valence-electron chi connectivity index (χ4n) is 2.16. The number of hydrogen-bond donors (Lipinski definition) is 0. The van der Waals surface area contributed by atoms with Gasteiger partial charge >= 0.3 is 0 Å². The molecule has 0 aliphatic rings. The molecule has 126 valence electrons. The van der Waals surface area contributed by atoms with Crippen LogP contribution in [-0.4, -0.2) is 44.9 Å². The summed E-state index contributed by atoms with van der Waals surface area (Å²) in [6, 6.07) is 15.2. The van der Waals surface area contributed by atoms with E-state index < -0.39 is 0 Å². The van der Waals surface area contributed by atoms with Crippen molar-refractivity contribution in [3.63, 3.8) is 0 Å². The minimum atomic E-state index is 0.0964. The quantitative estimate of drug-likeness (QED) is 0.563. The minimum Gasteiger partial charge on any atom is -0.375 e. The molecule has 0 aromatic heterocycles. The molecule has 2 aromatic rings. The molecule has 0 saturated heterocycles. The van der Waals surface area contributed by atoms with Gasteiger partial charge in [0, 0.05) is 24.8 Å². The summed E-state index contributed by atoms with van der Waals surface area (Å²) in [5, 5.41) is 8.46. The van der Waals surface area contributed by atoms with Gasteiger partial charge < -0.3 is 9.80 Å². The number of carbonyl (C=O) groups is 1. The zero-order valence-corrected chi connectivity index (χ0v) is 14.7. The minimum absolute atomic E-state index is 0.0964. The Bertz CT molecular complexity index is 690. The second-order valence-corrected chi connectivity index (χ2v) is 5.94. The third-order valence-electron chi connectivity index (χ3n) is 3.69. The first-order valence-corrected chi connectivity index (χ1v) is 8.00. The van der Waals surface area contributed by atoms with Crippen molar-refractivity contribution in [3.05, 3.63) is 54.1 Å². The van der Waals surface area contributed by atoms with Crippen molar-refractivity contribution < 1.29 is 4.79 Å². The average molecular weight is 324 g/mol. The Morgan fingerprint density at radius 1 is 0.875 bits per heavy atom. The summed E-state index contributed by atoms with van der Waals surface area (Å²) in [5.74, 6) is 0.0964. The molecular weight excluding hydrogens is 300 g/mol. The molecule has 2 rings (SSSR count). The van der Waals surface area contributed by atoms with E-state index in [1.165, 1.54) is 0 Å². The molecule has 24 heavy (non-hydrogen) atoms. The van der Waals surface area contributed by atoms with Crippen LogP contribution in [0.1, 0.15) is 17.3 Å². The Balaban J connectivity index is 2.02. The van der Waals surface area contributed by atoms with E-state index in [-0.39, 0.29) is 5.78 Å². The summed E-state index contributed by atoms with van der Waals surface area (Å²) in [6.45, 7) is 3.47. The van der Waals surface area contributed by atoms with Gasteiger partial charge in [-0.1, -0.05) is 0 Å². The first-order valence-electron chi connectivity index (χ1n) is 8.00. The lowest BCUT2D eigenvalue weighted by atomic mass is 10.1. The second kappa shape index (κ2) is 8.36. The van der Waals surface area contributed by atoms with Crippen LogP contribution in [-0.2, 0) is 0 Å². The predicted octanol–water partition coefficient (Wildman–Crippen LogP) is 4.30. The molecule has 5 heteroatoms. The highest BCUT2D eigenvalue weighted by atomic mass is 16.1. The molecule has 5 nitrogen and oxygen atoms in total. The molecule has 2 aromatic carbocycles. The number of nitrogens with zero attached hydrogens (tertiary/aromatic N) is 4. The van der Waals surface area contributed by atoms with Crippen LogP contribution in [0, 0.1) is 0 Å². The topological polar surface area (TPSA) is 48.3 Å². The Kier molecular flexibility index (Phi) is 6.21. The number of anilines is 1. The van der Waals surface area contributed by atoms with E-state index in [0.29, 0.717) is 12.1 Å². The van der Waals surface area contributed by atoms with Crippen LogP contribution in [0.15, 0.2) is 58.8 Å². The molecule has 0 bridgehead atoms. The molecule has 0 aliphatic carbocycles.